The van der Waals surface area contributed by atoms with E-state index in [1.807, 2.05) is 18.3 Å². The molecular formula is C22H29BrN4O. The molecule has 0 unspecified atom stereocenters. The Kier molecular flexibility index (Phi) is 7.86. The van der Waals surface area contributed by atoms with Crippen molar-refractivity contribution in [3.05, 3.63) is 64.4 Å². The van der Waals surface area contributed by atoms with Gasteiger partial charge in [-0.3, -0.25) is 9.98 Å². The Balaban J connectivity index is 1.68. The molecule has 0 radical (unpaired) electrons. The molecule has 3 rings (SSSR count). The monoisotopic (exact) mass is 444 g/mol. The lowest BCUT2D eigenvalue weighted by Gasteiger charge is -2.36. The van der Waals surface area contributed by atoms with Gasteiger partial charge in [-0.2, -0.15) is 0 Å². The van der Waals surface area contributed by atoms with Crippen molar-refractivity contribution in [2.24, 2.45) is 4.99 Å². The summed E-state index contributed by atoms with van der Waals surface area (Å²) in [4.78, 5) is 9.33. The highest BCUT2D eigenvalue weighted by atomic mass is 79.9. The largest absolute Gasteiger partial charge is 0.381 e. The maximum atomic E-state index is 5.64. The molecule has 1 aliphatic rings. The highest BCUT2D eigenvalue weighted by Crippen LogP contribution is 2.35. The molecule has 0 atom stereocenters. The van der Waals surface area contributed by atoms with Gasteiger partial charge in [-0.15, -0.1) is 0 Å². The third-order valence-electron chi connectivity index (χ3n) is 5.19. The first kappa shape index (κ1) is 20.8. The summed E-state index contributed by atoms with van der Waals surface area (Å²) in [5, 5.41) is 6.81. The molecule has 0 saturated carbocycles. The molecule has 1 fully saturated rings. The average Bonchev–Trinajstić information content (AvgIpc) is 2.74. The highest BCUT2D eigenvalue weighted by molar-refractivity contribution is 9.10. The van der Waals surface area contributed by atoms with Crippen molar-refractivity contribution in [3.63, 3.8) is 0 Å². The number of hydrogen-bond donors (Lipinski definition) is 2. The van der Waals surface area contributed by atoms with E-state index in [1.54, 1.807) is 0 Å². The van der Waals surface area contributed by atoms with Gasteiger partial charge in [0.15, 0.2) is 5.96 Å². The number of benzene rings is 1. The van der Waals surface area contributed by atoms with Gasteiger partial charge in [0.25, 0.3) is 0 Å². The highest BCUT2D eigenvalue weighted by Gasteiger charge is 2.34. The zero-order chi connectivity index (χ0) is 19.7. The van der Waals surface area contributed by atoms with E-state index in [0.29, 0.717) is 0 Å². The number of nitrogens with zero attached hydrogens (tertiary/aromatic N) is 2. The van der Waals surface area contributed by atoms with Gasteiger partial charge in [0.2, 0.25) is 0 Å². The van der Waals surface area contributed by atoms with Crippen LogP contribution in [0.15, 0.2) is 58.1 Å². The number of ether oxygens (including phenoxy) is 1. The van der Waals surface area contributed by atoms with Crippen LogP contribution in [0.3, 0.4) is 0 Å². The lowest BCUT2D eigenvalue weighted by atomic mass is 9.74. The minimum Gasteiger partial charge on any atom is -0.381 e. The molecule has 28 heavy (non-hydrogen) atoms. The van der Waals surface area contributed by atoms with E-state index in [0.717, 1.165) is 68.2 Å². The lowest BCUT2D eigenvalue weighted by Crippen LogP contribution is -2.41. The van der Waals surface area contributed by atoms with E-state index in [1.165, 1.54) is 5.56 Å². The van der Waals surface area contributed by atoms with Crippen LogP contribution in [-0.2, 0) is 16.6 Å². The molecule has 2 heterocycles. The van der Waals surface area contributed by atoms with Gasteiger partial charge in [0.05, 0.1) is 6.54 Å². The standard InChI is InChI=1S/C22H29BrN4O/c1-2-24-21(26-14-10-20-5-3-4-13-25-20)27-17-22(11-15-28-16-12-22)18-6-8-19(23)9-7-18/h3-9,13H,2,10-12,14-17H2,1H3,(H2,24,26,27). The fraction of sp³-hybridized carbons (Fsp3) is 0.455. The van der Waals surface area contributed by atoms with Crippen LogP contribution in [0.2, 0.25) is 0 Å². The molecule has 6 heteroatoms. The van der Waals surface area contributed by atoms with Crippen LogP contribution >= 0.6 is 15.9 Å². The summed E-state index contributed by atoms with van der Waals surface area (Å²) in [7, 11) is 0. The first-order valence-electron chi connectivity index (χ1n) is 9.98. The fourth-order valence-corrected chi connectivity index (χ4v) is 3.80. The summed E-state index contributed by atoms with van der Waals surface area (Å²) in [5.74, 6) is 0.862. The predicted molar refractivity (Wildman–Crippen MR) is 118 cm³/mol. The smallest absolute Gasteiger partial charge is 0.191 e. The van der Waals surface area contributed by atoms with Gasteiger partial charge in [0.1, 0.15) is 0 Å². The molecule has 1 aromatic carbocycles. The summed E-state index contributed by atoms with van der Waals surface area (Å²) in [5.41, 5.74) is 2.45. The quantitative estimate of drug-likeness (QED) is 0.504. The molecule has 2 N–H and O–H groups in total. The summed E-state index contributed by atoms with van der Waals surface area (Å²) in [6, 6.07) is 14.7. The maximum Gasteiger partial charge on any atom is 0.191 e. The zero-order valence-electron chi connectivity index (χ0n) is 16.5. The lowest BCUT2D eigenvalue weighted by molar-refractivity contribution is 0.0531. The summed E-state index contributed by atoms with van der Waals surface area (Å²) in [6.07, 6.45) is 4.69. The Labute approximate surface area is 176 Å². The van der Waals surface area contributed by atoms with Crippen LogP contribution in [0.1, 0.15) is 31.0 Å². The molecule has 0 aliphatic carbocycles. The topological polar surface area (TPSA) is 58.5 Å². The summed E-state index contributed by atoms with van der Waals surface area (Å²) in [6.45, 7) is 6.05. The molecular weight excluding hydrogens is 416 g/mol. The summed E-state index contributed by atoms with van der Waals surface area (Å²) >= 11 is 3.54. The zero-order valence-corrected chi connectivity index (χ0v) is 18.0. The number of aromatic nitrogens is 1. The minimum absolute atomic E-state index is 0.0300. The normalized spacial score (nSPS) is 16.6. The van der Waals surface area contributed by atoms with E-state index in [4.69, 9.17) is 9.73 Å². The van der Waals surface area contributed by atoms with E-state index in [-0.39, 0.29) is 5.41 Å². The molecule has 0 bridgehead atoms. The number of halogens is 1. The van der Waals surface area contributed by atoms with Gasteiger partial charge in [0, 0.05) is 54.5 Å². The van der Waals surface area contributed by atoms with Gasteiger partial charge >= 0.3 is 0 Å². The molecule has 2 aromatic rings. The number of aliphatic imine (C=N–C) groups is 1. The molecule has 0 spiro atoms. The van der Waals surface area contributed by atoms with Gasteiger partial charge in [-0.05, 0) is 49.6 Å². The van der Waals surface area contributed by atoms with E-state index >= 15 is 0 Å². The van der Waals surface area contributed by atoms with Crippen molar-refractivity contribution >= 4 is 21.9 Å². The van der Waals surface area contributed by atoms with Gasteiger partial charge < -0.3 is 15.4 Å². The average molecular weight is 445 g/mol. The second kappa shape index (κ2) is 10.6. The Bertz CT molecular complexity index is 743. The predicted octanol–water partition coefficient (Wildman–Crippen LogP) is 3.69. The third kappa shape index (κ3) is 5.79. The van der Waals surface area contributed by atoms with Gasteiger partial charge in [-0.25, -0.2) is 0 Å². The fourth-order valence-electron chi connectivity index (χ4n) is 3.53. The molecule has 150 valence electrons. The molecule has 5 nitrogen and oxygen atoms in total. The number of pyridine rings is 1. The first-order valence-corrected chi connectivity index (χ1v) is 10.8. The van der Waals surface area contributed by atoms with Crippen molar-refractivity contribution in [3.8, 4) is 0 Å². The van der Waals surface area contributed by atoms with E-state index in [2.05, 4.69) is 68.8 Å². The number of rotatable bonds is 7. The van der Waals surface area contributed by atoms with E-state index in [9.17, 15) is 0 Å². The van der Waals surface area contributed by atoms with E-state index < -0.39 is 0 Å². The summed E-state index contributed by atoms with van der Waals surface area (Å²) < 4.78 is 6.75. The molecule has 1 aromatic heterocycles. The number of guanidine groups is 1. The second-order valence-corrected chi connectivity index (χ2v) is 8.01. The van der Waals surface area contributed by atoms with Crippen LogP contribution in [0.25, 0.3) is 0 Å². The minimum atomic E-state index is 0.0300. The Hall–Kier alpha value is -1.92. The van der Waals surface area contributed by atoms with Crippen LogP contribution in [0.4, 0.5) is 0 Å². The van der Waals surface area contributed by atoms with Crippen molar-refractivity contribution in [2.75, 3.05) is 32.8 Å². The maximum absolute atomic E-state index is 5.64. The Morgan fingerprint density at radius 2 is 1.93 bits per heavy atom. The van der Waals surface area contributed by atoms with Crippen molar-refractivity contribution in [1.29, 1.82) is 0 Å². The number of hydrogen-bond acceptors (Lipinski definition) is 3. The SMILES string of the molecule is CCNC(=NCC1(c2ccc(Br)cc2)CCOCC1)NCCc1ccccn1. The Morgan fingerprint density at radius 3 is 2.61 bits per heavy atom. The third-order valence-corrected chi connectivity index (χ3v) is 5.72. The Morgan fingerprint density at radius 1 is 1.14 bits per heavy atom. The van der Waals surface area contributed by atoms with Gasteiger partial charge in [-0.1, -0.05) is 34.1 Å². The van der Waals surface area contributed by atoms with Crippen LogP contribution in [0, 0.1) is 0 Å². The second-order valence-electron chi connectivity index (χ2n) is 7.09. The first-order chi connectivity index (χ1) is 13.7. The molecule has 1 aliphatic heterocycles. The molecule has 1 saturated heterocycles. The molecule has 0 amide bonds. The van der Waals surface area contributed by atoms with Crippen molar-refractivity contribution < 1.29 is 4.74 Å². The number of nitrogens with one attached hydrogen (secondary N) is 2. The van der Waals surface area contributed by atoms with Crippen LogP contribution < -0.4 is 10.6 Å². The van der Waals surface area contributed by atoms with Crippen LogP contribution in [0.5, 0.6) is 0 Å². The van der Waals surface area contributed by atoms with Crippen molar-refractivity contribution in [1.82, 2.24) is 15.6 Å². The van der Waals surface area contributed by atoms with Crippen LogP contribution in [-0.4, -0.2) is 43.8 Å². The van der Waals surface area contributed by atoms with Crippen molar-refractivity contribution in [2.45, 2.75) is 31.6 Å².